The molecule has 0 bridgehead atoms. The monoisotopic (exact) mass is 513 g/mol. The molecule has 3 N–H and O–H groups in total. The van der Waals surface area contributed by atoms with Crippen molar-refractivity contribution in [3.63, 3.8) is 0 Å². The van der Waals surface area contributed by atoms with Crippen molar-refractivity contribution in [3.05, 3.63) is 69.3 Å². The number of nitrogens with zero attached hydrogens (tertiary/aromatic N) is 1. The van der Waals surface area contributed by atoms with Crippen molar-refractivity contribution in [1.82, 2.24) is 15.2 Å². The Morgan fingerprint density at radius 2 is 1.91 bits per heavy atom. The Bertz CT molecular complexity index is 1200. The van der Waals surface area contributed by atoms with Gasteiger partial charge in [-0.3, -0.25) is 4.79 Å². The van der Waals surface area contributed by atoms with E-state index in [-0.39, 0.29) is 5.91 Å². The lowest BCUT2D eigenvalue weighted by atomic mass is 9.87. The van der Waals surface area contributed by atoms with Gasteiger partial charge in [0, 0.05) is 29.2 Å². The van der Waals surface area contributed by atoms with Gasteiger partial charge in [0.15, 0.2) is 0 Å². The van der Waals surface area contributed by atoms with Crippen LogP contribution in [0.2, 0.25) is 10.0 Å². The predicted molar refractivity (Wildman–Crippen MR) is 145 cm³/mol. The molecule has 0 spiro atoms. The molecule has 0 saturated carbocycles. The summed E-state index contributed by atoms with van der Waals surface area (Å²) in [5.74, 6) is 0.766. The van der Waals surface area contributed by atoms with Crippen LogP contribution in [-0.2, 0) is 4.79 Å². The average Bonchev–Trinajstić information content (AvgIpc) is 3.17. The smallest absolute Gasteiger partial charge is 0.243 e. The van der Waals surface area contributed by atoms with Gasteiger partial charge in [0.25, 0.3) is 0 Å². The third kappa shape index (κ3) is 6.81. The maximum absolute atomic E-state index is 12.0. The summed E-state index contributed by atoms with van der Waals surface area (Å²) >= 11 is 11.9. The van der Waals surface area contributed by atoms with E-state index in [9.17, 15) is 9.90 Å². The first-order valence-corrected chi connectivity index (χ1v) is 13.1. The van der Waals surface area contributed by atoms with Gasteiger partial charge in [-0.2, -0.15) is 0 Å². The van der Waals surface area contributed by atoms with Crippen LogP contribution in [0.1, 0.15) is 54.8 Å². The number of likely N-dealkylation sites (tertiary alicyclic amines) is 1. The quantitative estimate of drug-likeness (QED) is 0.221. The Hall–Kier alpha value is -2.47. The minimum Gasteiger partial charge on any atom is -0.508 e. The highest BCUT2D eigenvalue weighted by Crippen LogP contribution is 2.36. The fraction of sp³-hybridized carbons (Fsp3) is 0.393. The molecule has 186 valence electrons. The molecule has 1 amide bonds. The SMILES string of the molecule is Cc1[nH]c2ccc(O)cc2c1C1CCN(CCCCCNC(=O)/C=C/c2ccc(Cl)c(Cl)c2)CC1. The molecule has 4 rings (SSSR count). The molecule has 2 heterocycles. The van der Waals surface area contributed by atoms with Crippen molar-refractivity contribution in [1.29, 1.82) is 0 Å². The Morgan fingerprint density at radius 1 is 1.11 bits per heavy atom. The second-order valence-corrected chi connectivity index (χ2v) is 10.2. The Balaban J connectivity index is 1.12. The number of phenols is 1. The topological polar surface area (TPSA) is 68.4 Å². The molecule has 1 fully saturated rings. The third-order valence-electron chi connectivity index (χ3n) is 6.84. The van der Waals surface area contributed by atoms with Crippen molar-refractivity contribution in [3.8, 4) is 5.75 Å². The summed E-state index contributed by atoms with van der Waals surface area (Å²) in [5, 5.41) is 15.0. The number of amides is 1. The highest BCUT2D eigenvalue weighted by Gasteiger charge is 2.24. The van der Waals surface area contributed by atoms with Crippen LogP contribution < -0.4 is 5.32 Å². The van der Waals surface area contributed by atoms with Gasteiger partial charge < -0.3 is 20.3 Å². The fourth-order valence-corrected chi connectivity index (χ4v) is 5.31. The second-order valence-electron chi connectivity index (χ2n) is 9.37. The molecule has 0 aliphatic carbocycles. The number of aromatic amines is 1. The van der Waals surface area contributed by atoms with Crippen LogP contribution in [0, 0.1) is 6.92 Å². The van der Waals surface area contributed by atoms with E-state index >= 15 is 0 Å². The number of H-pyrrole nitrogens is 1. The number of unbranched alkanes of at least 4 members (excludes halogenated alkanes) is 2. The number of nitrogens with one attached hydrogen (secondary N) is 2. The van der Waals surface area contributed by atoms with E-state index in [4.69, 9.17) is 23.2 Å². The van der Waals surface area contributed by atoms with Gasteiger partial charge in [-0.1, -0.05) is 35.7 Å². The number of hydrogen-bond donors (Lipinski definition) is 3. The first-order valence-electron chi connectivity index (χ1n) is 12.3. The van der Waals surface area contributed by atoms with Gasteiger partial charge in [0.1, 0.15) is 5.75 Å². The molecule has 3 aromatic rings. The molecule has 0 unspecified atom stereocenters. The Labute approximate surface area is 217 Å². The minimum absolute atomic E-state index is 0.0981. The Morgan fingerprint density at radius 3 is 2.69 bits per heavy atom. The zero-order valence-electron chi connectivity index (χ0n) is 20.1. The highest BCUT2D eigenvalue weighted by atomic mass is 35.5. The van der Waals surface area contributed by atoms with E-state index in [0.717, 1.165) is 68.2 Å². The van der Waals surface area contributed by atoms with Gasteiger partial charge in [-0.05, 0) is 106 Å². The number of carbonyl (C=O) groups excluding carboxylic acids is 1. The zero-order chi connectivity index (χ0) is 24.8. The number of rotatable bonds is 9. The molecule has 1 aliphatic rings. The lowest BCUT2D eigenvalue weighted by molar-refractivity contribution is -0.116. The van der Waals surface area contributed by atoms with Crippen LogP contribution >= 0.6 is 23.2 Å². The van der Waals surface area contributed by atoms with Crippen LogP contribution in [0.15, 0.2) is 42.5 Å². The minimum atomic E-state index is -0.0981. The largest absolute Gasteiger partial charge is 0.508 e. The molecule has 0 atom stereocenters. The number of fused-ring (bicyclic) bond motifs is 1. The molecule has 7 heteroatoms. The molecule has 1 aliphatic heterocycles. The molecule has 0 radical (unpaired) electrons. The van der Waals surface area contributed by atoms with Crippen molar-refractivity contribution in [2.24, 2.45) is 0 Å². The number of aromatic hydroxyl groups is 1. The third-order valence-corrected chi connectivity index (χ3v) is 7.58. The lowest BCUT2D eigenvalue weighted by Crippen LogP contribution is -2.33. The first-order chi connectivity index (χ1) is 16.9. The Kier molecular flexibility index (Phi) is 8.77. The van der Waals surface area contributed by atoms with Crippen LogP contribution in [0.4, 0.5) is 0 Å². The fourth-order valence-electron chi connectivity index (χ4n) is 5.00. The van der Waals surface area contributed by atoms with E-state index in [1.807, 2.05) is 18.2 Å². The molecule has 2 aromatic carbocycles. The number of carbonyl (C=O) groups is 1. The van der Waals surface area contributed by atoms with Crippen LogP contribution in [0.3, 0.4) is 0 Å². The standard InChI is InChI=1S/C28H33Cl2N3O2/c1-19-28(23-18-22(34)7-9-26(23)32-19)21-11-15-33(16-12-21)14-4-2-3-13-31-27(35)10-6-20-5-8-24(29)25(30)17-20/h5-10,17-18,21,32,34H,2-4,11-16H2,1H3,(H,31,35)/b10-6+. The summed E-state index contributed by atoms with van der Waals surface area (Å²) < 4.78 is 0. The van der Waals surface area contributed by atoms with E-state index in [0.29, 0.717) is 28.3 Å². The summed E-state index contributed by atoms with van der Waals surface area (Å²) in [5.41, 5.74) is 4.54. The van der Waals surface area contributed by atoms with Crippen LogP contribution in [-0.4, -0.2) is 47.1 Å². The molecule has 1 saturated heterocycles. The summed E-state index contributed by atoms with van der Waals surface area (Å²) in [6.45, 7) is 6.13. The number of halogens is 2. The average molecular weight is 514 g/mol. The van der Waals surface area contributed by atoms with Crippen molar-refractivity contribution in [2.45, 2.75) is 44.9 Å². The first kappa shape index (κ1) is 25.6. The van der Waals surface area contributed by atoms with E-state index in [1.54, 1.807) is 24.3 Å². The number of piperidine rings is 1. The summed E-state index contributed by atoms with van der Waals surface area (Å²) in [6, 6.07) is 10.9. The summed E-state index contributed by atoms with van der Waals surface area (Å²) in [6.07, 6.45) is 8.76. The number of aryl methyl sites for hydroxylation is 1. The van der Waals surface area contributed by atoms with Gasteiger partial charge >= 0.3 is 0 Å². The number of hydrogen-bond acceptors (Lipinski definition) is 3. The number of aromatic nitrogens is 1. The predicted octanol–water partition coefficient (Wildman–Crippen LogP) is 6.67. The molecule has 1 aromatic heterocycles. The van der Waals surface area contributed by atoms with E-state index in [2.05, 4.69) is 22.1 Å². The summed E-state index contributed by atoms with van der Waals surface area (Å²) in [7, 11) is 0. The second kappa shape index (κ2) is 12.0. The van der Waals surface area contributed by atoms with E-state index < -0.39 is 0 Å². The molecular weight excluding hydrogens is 481 g/mol. The van der Waals surface area contributed by atoms with Crippen molar-refractivity contribution >= 4 is 46.1 Å². The normalized spacial score (nSPS) is 15.3. The maximum atomic E-state index is 12.0. The van der Waals surface area contributed by atoms with Gasteiger partial charge in [-0.25, -0.2) is 0 Å². The van der Waals surface area contributed by atoms with E-state index in [1.165, 1.54) is 17.3 Å². The van der Waals surface area contributed by atoms with Gasteiger partial charge in [-0.15, -0.1) is 0 Å². The number of benzene rings is 2. The summed E-state index contributed by atoms with van der Waals surface area (Å²) in [4.78, 5) is 18.0. The van der Waals surface area contributed by atoms with Crippen molar-refractivity contribution in [2.75, 3.05) is 26.2 Å². The maximum Gasteiger partial charge on any atom is 0.243 e. The number of phenolic OH excluding ortho intramolecular Hbond substituents is 1. The van der Waals surface area contributed by atoms with Crippen LogP contribution in [0.25, 0.3) is 17.0 Å². The van der Waals surface area contributed by atoms with Gasteiger partial charge in [0.05, 0.1) is 10.0 Å². The van der Waals surface area contributed by atoms with Gasteiger partial charge in [0.2, 0.25) is 5.91 Å². The molecular formula is C28H33Cl2N3O2. The zero-order valence-corrected chi connectivity index (χ0v) is 21.6. The molecule has 5 nitrogen and oxygen atoms in total. The highest BCUT2D eigenvalue weighted by molar-refractivity contribution is 6.42. The van der Waals surface area contributed by atoms with Crippen LogP contribution in [0.5, 0.6) is 5.75 Å². The molecule has 35 heavy (non-hydrogen) atoms. The lowest BCUT2D eigenvalue weighted by Gasteiger charge is -2.32. The van der Waals surface area contributed by atoms with Crippen molar-refractivity contribution < 1.29 is 9.90 Å².